The van der Waals surface area contributed by atoms with Crippen LogP contribution in [0, 0.1) is 13.8 Å². The number of aromatic nitrogens is 4. The Morgan fingerprint density at radius 1 is 1.05 bits per heavy atom. The van der Waals surface area contributed by atoms with Gasteiger partial charge in [-0.05, 0) is 48.0 Å². The molecule has 0 saturated carbocycles. The quantitative estimate of drug-likeness (QED) is 0.723. The zero-order chi connectivity index (χ0) is 14.1. The molecule has 20 heavy (non-hydrogen) atoms. The molecule has 3 rings (SSSR count). The van der Waals surface area contributed by atoms with Crippen LogP contribution in [0.1, 0.15) is 11.1 Å². The maximum absolute atomic E-state index is 6.01. The van der Waals surface area contributed by atoms with Crippen LogP contribution in [0.4, 0.5) is 5.69 Å². The molecule has 2 aromatic carbocycles. The van der Waals surface area contributed by atoms with E-state index in [0.717, 1.165) is 16.8 Å². The van der Waals surface area contributed by atoms with Crippen LogP contribution in [0.3, 0.4) is 0 Å². The molecule has 0 amide bonds. The van der Waals surface area contributed by atoms with E-state index < -0.39 is 0 Å². The number of benzene rings is 2. The van der Waals surface area contributed by atoms with Gasteiger partial charge >= 0.3 is 0 Å². The van der Waals surface area contributed by atoms with E-state index in [1.807, 2.05) is 43.3 Å². The fourth-order valence-corrected chi connectivity index (χ4v) is 2.26. The lowest BCUT2D eigenvalue weighted by atomic mass is 10.1. The summed E-state index contributed by atoms with van der Waals surface area (Å²) in [6, 6.07) is 13.7. The molecule has 0 spiro atoms. The second kappa shape index (κ2) is 4.77. The molecule has 0 atom stereocenters. The van der Waals surface area contributed by atoms with Crippen molar-refractivity contribution in [2.75, 3.05) is 5.73 Å². The minimum atomic E-state index is 0.648. The van der Waals surface area contributed by atoms with Crippen LogP contribution in [-0.2, 0) is 0 Å². The van der Waals surface area contributed by atoms with Crippen LogP contribution < -0.4 is 5.73 Å². The van der Waals surface area contributed by atoms with Gasteiger partial charge in [0.25, 0.3) is 0 Å². The molecule has 0 aliphatic heterocycles. The number of hydrogen-bond acceptors (Lipinski definition) is 4. The van der Waals surface area contributed by atoms with E-state index in [2.05, 4.69) is 28.5 Å². The van der Waals surface area contributed by atoms with E-state index in [9.17, 15) is 0 Å². The lowest BCUT2D eigenvalue weighted by Gasteiger charge is -2.09. The molecule has 0 bridgehead atoms. The van der Waals surface area contributed by atoms with Crippen molar-refractivity contribution in [1.82, 2.24) is 20.2 Å². The molecule has 1 heterocycles. The van der Waals surface area contributed by atoms with Crippen LogP contribution in [0.2, 0.25) is 0 Å². The predicted molar refractivity (Wildman–Crippen MR) is 78.5 cm³/mol. The molecule has 5 nitrogen and oxygen atoms in total. The minimum Gasteiger partial charge on any atom is -0.398 e. The normalized spacial score (nSPS) is 10.7. The van der Waals surface area contributed by atoms with Gasteiger partial charge in [-0.15, -0.1) is 5.10 Å². The van der Waals surface area contributed by atoms with Gasteiger partial charge in [-0.1, -0.05) is 29.8 Å². The van der Waals surface area contributed by atoms with Crippen LogP contribution in [0.15, 0.2) is 42.5 Å². The second-order valence-electron chi connectivity index (χ2n) is 4.79. The van der Waals surface area contributed by atoms with Crippen LogP contribution in [0.25, 0.3) is 17.1 Å². The Balaban J connectivity index is 2.18. The van der Waals surface area contributed by atoms with Gasteiger partial charge in [-0.3, -0.25) is 0 Å². The van der Waals surface area contributed by atoms with Crippen molar-refractivity contribution in [1.29, 1.82) is 0 Å². The summed E-state index contributed by atoms with van der Waals surface area (Å²) < 4.78 is 1.72. The first-order valence-corrected chi connectivity index (χ1v) is 6.37. The average molecular weight is 265 g/mol. The third-order valence-electron chi connectivity index (χ3n) is 3.25. The Kier molecular flexibility index (Phi) is 2.95. The third kappa shape index (κ3) is 2.03. The first kappa shape index (κ1) is 12.3. The number of tetrazole rings is 1. The second-order valence-corrected chi connectivity index (χ2v) is 4.79. The van der Waals surface area contributed by atoms with Gasteiger partial charge in [0.2, 0.25) is 0 Å². The van der Waals surface area contributed by atoms with Gasteiger partial charge in [0.15, 0.2) is 5.82 Å². The van der Waals surface area contributed by atoms with E-state index in [4.69, 9.17) is 5.73 Å². The van der Waals surface area contributed by atoms with E-state index >= 15 is 0 Å². The Hall–Kier alpha value is -2.69. The van der Waals surface area contributed by atoms with Crippen molar-refractivity contribution in [3.63, 3.8) is 0 Å². The number of hydrogen-bond donors (Lipinski definition) is 1. The summed E-state index contributed by atoms with van der Waals surface area (Å²) in [5, 5.41) is 12.0. The maximum Gasteiger partial charge on any atom is 0.189 e. The smallest absolute Gasteiger partial charge is 0.189 e. The van der Waals surface area contributed by atoms with Crippen LogP contribution >= 0.6 is 0 Å². The lowest BCUT2D eigenvalue weighted by Crippen LogP contribution is -2.03. The number of nitrogens with two attached hydrogens (primary N) is 1. The predicted octanol–water partition coefficient (Wildman–Crippen LogP) is 2.53. The van der Waals surface area contributed by atoms with Crippen molar-refractivity contribution in [2.24, 2.45) is 0 Å². The summed E-state index contributed by atoms with van der Waals surface area (Å²) in [7, 11) is 0. The average Bonchev–Trinajstić information content (AvgIpc) is 2.88. The van der Waals surface area contributed by atoms with Crippen molar-refractivity contribution in [2.45, 2.75) is 13.8 Å². The molecule has 0 saturated heterocycles. The number of nitrogens with zero attached hydrogens (tertiary/aromatic N) is 4. The van der Waals surface area contributed by atoms with Crippen LogP contribution in [0.5, 0.6) is 0 Å². The number of anilines is 1. The zero-order valence-corrected chi connectivity index (χ0v) is 11.4. The number of rotatable bonds is 2. The lowest BCUT2D eigenvalue weighted by molar-refractivity contribution is 0.787. The summed E-state index contributed by atoms with van der Waals surface area (Å²) in [4.78, 5) is 0. The molecule has 0 aliphatic carbocycles. The van der Waals surface area contributed by atoms with Crippen molar-refractivity contribution < 1.29 is 0 Å². The Bertz CT molecular complexity index is 760. The number of para-hydroxylation sites is 1. The van der Waals surface area contributed by atoms with Crippen LogP contribution in [-0.4, -0.2) is 20.2 Å². The molecule has 0 fully saturated rings. The molecule has 5 heteroatoms. The summed E-state index contributed by atoms with van der Waals surface area (Å²) in [6.07, 6.45) is 0. The fraction of sp³-hybridized carbons (Fsp3) is 0.133. The minimum absolute atomic E-state index is 0.648. The van der Waals surface area contributed by atoms with E-state index in [0.29, 0.717) is 11.5 Å². The van der Waals surface area contributed by atoms with Crippen molar-refractivity contribution in [3.05, 3.63) is 53.6 Å². The number of nitrogen functional groups attached to an aromatic ring is 1. The largest absolute Gasteiger partial charge is 0.398 e. The van der Waals surface area contributed by atoms with E-state index in [-0.39, 0.29) is 0 Å². The monoisotopic (exact) mass is 265 g/mol. The highest BCUT2D eigenvalue weighted by atomic mass is 15.5. The highest BCUT2D eigenvalue weighted by Crippen LogP contribution is 2.26. The molecule has 2 N–H and O–H groups in total. The van der Waals surface area contributed by atoms with E-state index in [1.54, 1.807) is 4.68 Å². The van der Waals surface area contributed by atoms with Gasteiger partial charge in [0.1, 0.15) is 0 Å². The number of aryl methyl sites for hydroxylation is 2. The van der Waals surface area contributed by atoms with Gasteiger partial charge in [-0.25, -0.2) is 0 Å². The molecular formula is C15H15N5. The zero-order valence-electron chi connectivity index (χ0n) is 11.4. The first-order valence-electron chi connectivity index (χ1n) is 6.37. The summed E-state index contributed by atoms with van der Waals surface area (Å²) in [5.41, 5.74) is 10.8. The summed E-state index contributed by atoms with van der Waals surface area (Å²) >= 11 is 0. The van der Waals surface area contributed by atoms with Gasteiger partial charge in [0, 0.05) is 11.3 Å². The summed E-state index contributed by atoms with van der Waals surface area (Å²) in [6.45, 7) is 4.11. The van der Waals surface area contributed by atoms with E-state index in [1.165, 1.54) is 5.56 Å². The highest BCUT2D eigenvalue weighted by molar-refractivity contribution is 5.72. The Morgan fingerprint density at radius 2 is 1.85 bits per heavy atom. The Morgan fingerprint density at radius 3 is 2.60 bits per heavy atom. The molecular weight excluding hydrogens is 250 g/mol. The molecule has 100 valence electrons. The molecule has 1 aromatic heterocycles. The van der Waals surface area contributed by atoms with Gasteiger partial charge < -0.3 is 5.73 Å². The molecule has 3 aromatic rings. The fourth-order valence-electron chi connectivity index (χ4n) is 2.26. The van der Waals surface area contributed by atoms with Gasteiger partial charge in [-0.2, -0.15) is 4.68 Å². The topological polar surface area (TPSA) is 69.6 Å². The van der Waals surface area contributed by atoms with Crippen molar-refractivity contribution >= 4 is 5.69 Å². The molecule has 0 aliphatic rings. The molecule has 0 unspecified atom stereocenters. The Labute approximate surface area is 117 Å². The van der Waals surface area contributed by atoms with Crippen molar-refractivity contribution in [3.8, 4) is 17.1 Å². The van der Waals surface area contributed by atoms with Gasteiger partial charge in [0.05, 0.1) is 5.69 Å². The molecule has 0 radical (unpaired) electrons. The SMILES string of the molecule is Cc1ccc(-n2nnnc2-c2ccccc2N)c(C)c1. The maximum atomic E-state index is 6.01. The summed E-state index contributed by atoms with van der Waals surface area (Å²) in [5.74, 6) is 0.648. The first-order chi connectivity index (χ1) is 9.66. The highest BCUT2D eigenvalue weighted by Gasteiger charge is 2.14. The third-order valence-corrected chi connectivity index (χ3v) is 3.25. The standard InChI is InChI=1S/C15H15N5/c1-10-7-8-14(11(2)9-10)20-15(17-18-19-20)12-5-3-4-6-13(12)16/h3-9H,16H2,1-2H3.